The molecule has 114 valence electrons. The predicted molar refractivity (Wildman–Crippen MR) is 89.2 cm³/mol. The molecule has 0 atom stereocenters. The van der Waals surface area contributed by atoms with Crippen LogP contribution >= 0.6 is 0 Å². The molecule has 0 saturated carbocycles. The molecule has 0 aliphatic heterocycles. The molecule has 0 N–H and O–H groups in total. The average Bonchev–Trinajstić information content (AvgIpc) is 2.52. The van der Waals surface area contributed by atoms with Gasteiger partial charge < -0.3 is 9.47 Å². The number of aryl methyl sites for hydroxylation is 1. The number of methoxy groups -OCH3 is 1. The monoisotopic (exact) mass is 286 g/mol. The van der Waals surface area contributed by atoms with E-state index in [2.05, 4.69) is 43.3 Å². The average molecular weight is 286 g/mol. The van der Waals surface area contributed by atoms with Crippen LogP contribution in [-0.2, 0) is 11.2 Å². The van der Waals surface area contributed by atoms with Crippen molar-refractivity contribution in [2.75, 3.05) is 20.3 Å². The number of hydrogen-bond donors (Lipinski definition) is 0. The van der Waals surface area contributed by atoms with Crippen LogP contribution in [0.4, 0.5) is 0 Å². The minimum atomic E-state index is 0.805. The lowest BCUT2D eigenvalue weighted by Gasteiger charge is -2.08. The summed E-state index contributed by atoms with van der Waals surface area (Å²) in [6.45, 7) is 3.84. The fourth-order valence-electron chi connectivity index (χ4n) is 2.43. The van der Waals surface area contributed by atoms with E-state index in [1.165, 1.54) is 29.2 Å². The molecule has 0 aliphatic carbocycles. The van der Waals surface area contributed by atoms with Crippen molar-refractivity contribution in [3.05, 3.63) is 42.0 Å². The second-order valence-corrected chi connectivity index (χ2v) is 5.50. The standard InChI is InChI=1S/C19H26O2/c1-3-4-13-21-19-11-10-17-14-16(7-5-6-12-20-2)8-9-18(17)15-19/h8-11,14-15H,3-7,12-13H2,1-2H3. The first-order chi connectivity index (χ1) is 10.3. The van der Waals surface area contributed by atoms with E-state index in [1.807, 2.05) is 0 Å². The summed E-state index contributed by atoms with van der Waals surface area (Å²) in [4.78, 5) is 0. The molecule has 0 aliphatic rings. The Balaban J connectivity index is 1.98. The van der Waals surface area contributed by atoms with Crippen molar-refractivity contribution < 1.29 is 9.47 Å². The molecular formula is C19H26O2. The molecule has 0 radical (unpaired) electrons. The van der Waals surface area contributed by atoms with E-state index in [4.69, 9.17) is 9.47 Å². The molecule has 2 heteroatoms. The van der Waals surface area contributed by atoms with Crippen LogP contribution in [0.15, 0.2) is 36.4 Å². The number of benzene rings is 2. The SMILES string of the molecule is CCCCOc1ccc2cc(CCCCOC)ccc2c1. The largest absolute Gasteiger partial charge is 0.494 e. The van der Waals surface area contributed by atoms with Gasteiger partial charge in [-0.1, -0.05) is 37.6 Å². The molecule has 2 nitrogen and oxygen atoms in total. The zero-order chi connectivity index (χ0) is 14.9. The Labute approximate surface area is 128 Å². The number of rotatable bonds is 9. The van der Waals surface area contributed by atoms with Gasteiger partial charge in [0.05, 0.1) is 6.61 Å². The molecule has 0 unspecified atom stereocenters. The van der Waals surface area contributed by atoms with Gasteiger partial charge >= 0.3 is 0 Å². The smallest absolute Gasteiger partial charge is 0.119 e. The summed E-state index contributed by atoms with van der Waals surface area (Å²) in [6, 6.07) is 13.1. The van der Waals surface area contributed by atoms with E-state index in [-0.39, 0.29) is 0 Å². The molecule has 0 amide bonds. The van der Waals surface area contributed by atoms with Crippen LogP contribution in [0.5, 0.6) is 5.75 Å². The number of fused-ring (bicyclic) bond motifs is 1. The summed E-state index contributed by atoms with van der Waals surface area (Å²) in [6.07, 6.45) is 5.70. The third-order valence-corrected chi connectivity index (χ3v) is 3.71. The highest BCUT2D eigenvalue weighted by molar-refractivity contribution is 5.84. The summed E-state index contributed by atoms with van der Waals surface area (Å²) < 4.78 is 10.9. The highest BCUT2D eigenvalue weighted by Crippen LogP contribution is 2.23. The lowest BCUT2D eigenvalue weighted by Crippen LogP contribution is -1.96. The Morgan fingerprint density at radius 3 is 2.48 bits per heavy atom. The van der Waals surface area contributed by atoms with Crippen LogP contribution in [-0.4, -0.2) is 20.3 Å². The molecule has 0 spiro atoms. The summed E-state index contributed by atoms with van der Waals surface area (Å²) in [7, 11) is 1.76. The maximum atomic E-state index is 5.76. The molecular weight excluding hydrogens is 260 g/mol. The van der Waals surface area contributed by atoms with E-state index >= 15 is 0 Å². The molecule has 0 aromatic heterocycles. The van der Waals surface area contributed by atoms with Crippen molar-refractivity contribution >= 4 is 10.8 Å². The molecule has 0 bridgehead atoms. The molecule has 21 heavy (non-hydrogen) atoms. The van der Waals surface area contributed by atoms with Gasteiger partial charge in [0.2, 0.25) is 0 Å². The maximum Gasteiger partial charge on any atom is 0.119 e. The van der Waals surface area contributed by atoms with Gasteiger partial charge in [0, 0.05) is 13.7 Å². The Bertz CT molecular complexity index is 548. The van der Waals surface area contributed by atoms with Gasteiger partial charge in [-0.05, 0) is 54.2 Å². The topological polar surface area (TPSA) is 18.5 Å². The van der Waals surface area contributed by atoms with Gasteiger partial charge in [-0.3, -0.25) is 0 Å². The Morgan fingerprint density at radius 2 is 1.67 bits per heavy atom. The van der Waals surface area contributed by atoms with Gasteiger partial charge in [-0.15, -0.1) is 0 Å². The molecule has 2 aromatic carbocycles. The molecule has 2 aromatic rings. The molecule has 0 saturated heterocycles. The van der Waals surface area contributed by atoms with Gasteiger partial charge in [-0.25, -0.2) is 0 Å². The van der Waals surface area contributed by atoms with Gasteiger partial charge in [0.1, 0.15) is 5.75 Å². The van der Waals surface area contributed by atoms with Crippen molar-refractivity contribution in [2.24, 2.45) is 0 Å². The summed E-state index contributed by atoms with van der Waals surface area (Å²) in [5.74, 6) is 0.976. The van der Waals surface area contributed by atoms with E-state index in [9.17, 15) is 0 Å². The highest BCUT2D eigenvalue weighted by Gasteiger charge is 2.00. The van der Waals surface area contributed by atoms with Crippen LogP contribution in [0.2, 0.25) is 0 Å². The first kappa shape index (κ1) is 15.8. The first-order valence-corrected chi connectivity index (χ1v) is 7.98. The number of unbranched alkanes of at least 4 members (excludes halogenated alkanes) is 2. The van der Waals surface area contributed by atoms with E-state index in [1.54, 1.807) is 7.11 Å². The third kappa shape index (κ3) is 5.05. The Kier molecular flexibility index (Phi) is 6.55. The third-order valence-electron chi connectivity index (χ3n) is 3.71. The van der Waals surface area contributed by atoms with Crippen molar-refractivity contribution in [3.63, 3.8) is 0 Å². The lowest BCUT2D eigenvalue weighted by atomic mass is 10.0. The summed E-state index contributed by atoms with van der Waals surface area (Å²) in [5.41, 5.74) is 1.40. The normalized spacial score (nSPS) is 11.0. The number of ether oxygens (including phenoxy) is 2. The predicted octanol–water partition coefficient (Wildman–Crippen LogP) is 4.99. The maximum absolute atomic E-state index is 5.76. The Morgan fingerprint density at radius 1 is 0.857 bits per heavy atom. The van der Waals surface area contributed by atoms with Gasteiger partial charge in [-0.2, -0.15) is 0 Å². The van der Waals surface area contributed by atoms with E-state index in [0.29, 0.717) is 0 Å². The fraction of sp³-hybridized carbons (Fsp3) is 0.474. The minimum absolute atomic E-state index is 0.805. The van der Waals surface area contributed by atoms with Crippen molar-refractivity contribution in [2.45, 2.75) is 39.0 Å². The number of hydrogen-bond acceptors (Lipinski definition) is 2. The van der Waals surface area contributed by atoms with Crippen molar-refractivity contribution in [1.82, 2.24) is 0 Å². The quantitative estimate of drug-likeness (QED) is 0.605. The second-order valence-electron chi connectivity index (χ2n) is 5.50. The van der Waals surface area contributed by atoms with Crippen molar-refractivity contribution in [1.29, 1.82) is 0 Å². The summed E-state index contributed by atoms with van der Waals surface area (Å²) in [5, 5.41) is 2.55. The van der Waals surface area contributed by atoms with E-state index in [0.717, 1.165) is 38.2 Å². The van der Waals surface area contributed by atoms with Crippen LogP contribution in [0.1, 0.15) is 38.2 Å². The first-order valence-electron chi connectivity index (χ1n) is 7.98. The fourth-order valence-corrected chi connectivity index (χ4v) is 2.43. The minimum Gasteiger partial charge on any atom is -0.494 e. The lowest BCUT2D eigenvalue weighted by molar-refractivity contribution is 0.193. The van der Waals surface area contributed by atoms with Crippen LogP contribution in [0, 0.1) is 0 Å². The zero-order valence-electron chi connectivity index (χ0n) is 13.2. The zero-order valence-corrected chi connectivity index (χ0v) is 13.2. The van der Waals surface area contributed by atoms with Crippen LogP contribution < -0.4 is 4.74 Å². The Hall–Kier alpha value is -1.54. The second kappa shape index (κ2) is 8.68. The highest BCUT2D eigenvalue weighted by atomic mass is 16.5. The molecule has 2 rings (SSSR count). The molecule has 0 fully saturated rings. The van der Waals surface area contributed by atoms with Crippen molar-refractivity contribution in [3.8, 4) is 5.75 Å². The van der Waals surface area contributed by atoms with Gasteiger partial charge in [0.15, 0.2) is 0 Å². The van der Waals surface area contributed by atoms with Crippen LogP contribution in [0.3, 0.4) is 0 Å². The summed E-state index contributed by atoms with van der Waals surface area (Å²) >= 11 is 0. The van der Waals surface area contributed by atoms with Gasteiger partial charge in [0.25, 0.3) is 0 Å². The molecule has 0 heterocycles. The van der Waals surface area contributed by atoms with E-state index < -0.39 is 0 Å². The van der Waals surface area contributed by atoms with Crippen LogP contribution in [0.25, 0.3) is 10.8 Å².